The fourth-order valence-electron chi connectivity index (χ4n) is 1.77. The number of carboxylic acids is 1. The van der Waals surface area contributed by atoms with Gasteiger partial charge in [0.05, 0.1) is 5.02 Å². The Morgan fingerprint density at radius 2 is 2.05 bits per heavy atom. The van der Waals surface area contributed by atoms with Crippen LogP contribution in [0, 0.1) is 0 Å². The second kappa shape index (κ2) is 7.14. The summed E-state index contributed by atoms with van der Waals surface area (Å²) in [5.74, 6) is -1.18. The molecule has 0 radical (unpaired) electrons. The van der Waals surface area contributed by atoms with Gasteiger partial charge in [0.25, 0.3) is 5.91 Å². The third-order valence-electron chi connectivity index (χ3n) is 2.83. The van der Waals surface area contributed by atoms with E-state index in [1.807, 2.05) is 6.92 Å². The van der Waals surface area contributed by atoms with E-state index in [2.05, 4.69) is 5.32 Å². The molecule has 0 aliphatic carbocycles. The van der Waals surface area contributed by atoms with Crippen LogP contribution in [-0.2, 0) is 9.59 Å². The van der Waals surface area contributed by atoms with Crippen LogP contribution in [0.15, 0.2) is 24.3 Å². The number of rotatable bonds is 7. The Morgan fingerprint density at radius 3 is 2.60 bits per heavy atom. The summed E-state index contributed by atoms with van der Waals surface area (Å²) in [7, 11) is 0. The van der Waals surface area contributed by atoms with Gasteiger partial charge in [-0.1, -0.05) is 37.1 Å². The summed E-state index contributed by atoms with van der Waals surface area (Å²) in [6.07, 6.45) is 0.995. The van der Waals surface area contributed by atoms with Gasteiger partial charge in [0.2, 0.25) is 0 Å². The van der Waals surface area contributed by atoms with Gasteiger partial charge in [-0.3, -0.25) is 4.79 Å². The molecule has 20 heavy (non-hydrogen) atoms. The lowest BCUT2D eigenvalue weighted by atomic mass is 9.96. The van der Waals surface area contributed by atoms with E-state index in [0.717, 1.165) is 0 Å². The van der Waals surface area contributed by atoms with Gasteiger partial charge >= 0.3 is 5.97 Å². The zero-order valence-electron chi connectivity index (χ0n) is 11.5. The van der Waals surface area contributed by atoms with Crippen molar-refractivity contribution in [3.63, 3.8) is 0 Å². The quantitative estimate of drug-likeness (QED) is 0.811. The predicted octanol–water partition coefficient (Wildman–Crippen LogP) is 2.48. The second-order valence-electron chi connectivity index (χ2n) is 4.65. The van der Waals surface area contributed by atoms with Gasteiger partial charge < -0.3 is 15.2 Å². The molecule has 1 aromatic carbocycles. The van der Waals surface area contributed by atoms with E-state index in [-0.39, 0.29) is 6.61 Å². The van der Waals surface area contributed by atoms with E-state index in [1.54, 1.807) is 24.3 Å². The van der Waals surface area contributed by atoms with E-state index in [4.69, 9.17) is 21.4 Å². The van der Waals surface area contributed by atoms with Crippen molar-refractivity contribution in [1.29, 1.82) is 0 Å². The number of amides is 1. The third-order valence-corrected chi connectivity index (χ3v) is 3.14. The first kappa shape index (κ1) is 16.3. The van der Waals surface area contributed by atoms with Gasteiger partial charge in [0, 0.05) is 0 Å². The number of nitrogens with one attached hydrogen (secondary N) is 1. The molecule has 0 aromatic heterocycles. The Labute approximate surface area is 122 Å². The number of carbonyl (C=O) groups excluding carboxylic acids is 1. The molecule has 6 heteroatoms. The molecule has 0 saturated heterocycles. The number of carbonyl (C=O) groups is 2. The average molecular weight is 300 g/mol. The van der Waals surface area contributed by atoms with Crippen molar-refractivity contribution < 1.29 is 19.4 Å². The first-order chi connectivity index (χ1) is 9.39. The molecule has 0 bridgehead atoms. The zero-order valence-corrected chi connectivity index (χ0v) is 12.2. The predicted molar refractivity (Wildman–Crippen MR) is 76.0 cm³/mol. The van der Waals surface area contributed by atoms with E-state index >= 15 is 0 Å². The first-order valence-corrected chi connectivity index (χ1v) is 6.68. The van der Waals surface area contributed by atoms with Crippen LogP contribution in [0.1, 0.15) is 26.7 Å². The molecule has 110 valence electrons. The summed E-state index contributed by atoms with van der Waals surface area (Å²) in [6, 6.07) is 6.76. The molecule has 0 fully saturated rings. The lowest BCUT2D eigenvalue weighted by molar-refractivity contribution is -0.147. The molecule has 1 atom stereocenters. The number of ether oxygens (including phenoxy) is 1. The maximum Gasteiger partial charge on any atom is 0.329 e. The summed E-state index contributed by atoms with van der Waals surface area (Å²) < 4.78 is 5.27. The Morgan fingerprint density at radius 1 is 1.40 bits per heavy atom. The molecular weight excluding hydrogens is 282 g/mol. The lowest BCUT2D eigenvalue weighted by Crippen LogP contribution is -2.53. The van der Waals surface area contributed by atoms with E-state index in [9.17, 15) is 9.59 Å². The number of halogens is 1. The zero-order chi connectivity index (χ0) is 15.2. The standard InChI is InChI=1S/C14H18ClNO4/c1-3-8-14(2,13(18)19)16-12(17)9-20-11-7-5-4-6-10(11)15/h4-7H,3,8-9H2,1-2H3,(H,16,17)(H,18,19). The van der Waals surface area contributed by atoms with Crippen LogP contribution in [0.2, 0.25) is 5.02 Å². The van der Waals surface area contributed by atoms with Gasteiger partial charge in [-0.2, -0.15) is 0 Å². The molecule has 1 aromatic rings. The van der Waals surface area contributed by atoms with Gasteiger partial charge in [0.15, 0.2) is 6.61 Å². The highest BCUT2D eigenvalue weighted by Gasteiger charge is 2.33. The highest BCUT2D eigenvalue weighted by molar-refractivity contribution is 6.32. The summed E-state index contributed by atoms with van der Waals surface area (Å²) in [4.78, 5) is 23.0. The third kappa shape index (κ3) is 4.42. The van der Waals surface area contributed by atoms with Crippen LogP contribution in [0.25, 0.3) is 0 Å². The van der Waals surface area contributed by atoms with Crippen molar-refractivity contribution in [1.82, 2.24) is 5.32 Å². The number of para-hydroxylation sites is 1. The molecule has 1 amide bonds. The Kier molecular flexibility index (Phi) is 5.82. The van der Waals surface area contributed by atoms with Crippen molar-refractivity contribution in [2.45, 2.75) is 32.2 Å². The molecule has 0 heterocycles. The minimum atomic E-state index is -1.28. The number of aliphatic carboxylic acids is 1. The molecule has 2 N–H and O–H groups in total. The van der Waals surface area contributed by atoms with Crippen molar-refractivity contribution in [2.75, 3.05) is 6.61 Å². The van der Waals surface area contributed by atoms with Crippen molar-refractivity contribution in [3.05, 3.63) is 29.3 Å². The van der Waals surface area contributed by atoms with Crippen LogP contribution < -0.4 is 10.1 Å². The first-order valence-electron chi connectivity index (χ1n) is 6.31. The Hall–Kier alpha value is -1.75. The van der Waals surface area contributed by atoms with Crippen LogP contribution in [-0.4, -0.2) is 29.1 Å². The maximum absolute atomic E-state index is 11.8. The number of hydrogen-bond acceptors (Lipinski definition) is 3. The topological polar surface area (TPSA) is 75.6 Å². The van der Waals surface area contributed by atoms with E-state index in [0.29, 0.717) is 23.6 Å². The van der Waals surface area contributed by atoms with Gasteiger partial charge in [0.1, 0.15) is 11.3 Å². The fourth-order valence-corrected chi connectivity index (χ4v) is 1.96. The van der Waals surface area contributed by atoms with E-state index < -0.39 is 17.4 Å². The molecule has 0 spiro atoms. The molecule has 1 rings (SSSR count). The average Bonchev–Trinajstić information content (AvgIpc) is 2.38. The SMILES string of the molecule is CCCC(C)(NC(=O)COc1ccccc1Cl)C(=O)O. The molecular formula is C14H18ClNO4. The second-order valence-corrected chi connectivity index (χ2v) is 5.06. The van der Waals surface area contributed by atoms with Crippen molar-refractivity contribution in [3.8, 4) is 5.75 Å². The molecule has 1 unspecified atom stereocenters. The monoisotopic (exact) mass is 299 g/mol. The molecule has 0 aliphatic rings. The normalized spacial score (nSPS) is 13.3. The Bertz CT molecular complexity index is 492. The van der Waals surface area contributed by atoms with Gasteiger partial charge in [-0.15, -0.1) is 0 Å². The Balaban J connectivity index is 2.59. The van der Waals surface area contributed by atoms with Gasteiger partial charge in [-0.05, 0) is 25.5 Å². The lowest BCUT2D eigenvalue weighted by Gasteiger charge is -2.25. The van der Waals surface area contributed by atoms with Crippen LogP contribution in [0.3, 0.4) is 0 Å². The summed E-state index contributed by atoms with van der Waals surface area (Å²) in [6.45, 7) is 3.05. The summed E-state index contributed by atoms with van der Waals surface area (Å²) in [5.41, 5.74) is -1.28. The van der Waals surface area contributed by atoms with Crippen LogP contribution in [0.5, 0.6) is 5.75 Å². The largest absolute Gasteiger partial charge is 0.482 e. The number of carboxylic acid groups (broad SMARTS) is 1. The minimum Gasteiger partial charge on any atom is -0.482 e. The van der Waals surface area contributed by atoms with Crippen molar-refractivity contribution in [2.24, 2.45) is 0 Å². The van der Waals surface area contributed by atoms with Crippen LogP contribution >= 0.6 is 11.6 Å². The molecule has 0 saturated carbocycles. The molecule has 0 aliphatic heterocycles. The van der Waals surface area contributed by atoms with Crippen molar-refractivity contribution >= 4 is 23.5 Å². The van der Waals surface area contributed by atoms with E-state index in [1.165, 1.54) is 6.92 Å². The smallest absolute Gasteiger partial charge is 0.329 e. The number of hydrogen-bond donors (Lipinski definition) is 2. The number of benzene rings is 1. The summed E-state index contributed by atoms with van der Waals surface area (Å²) in [5, 5.41) is 12.0. The summed E-state index contributed by atoms with van der Waals surface area (Å²) >= 11 is 5.89. The fraction of sp³-hybridized carbons (Fsp3) is 0.429. The highest BCUT2D eigenvalue weighted by atomic mass is 35.5. The van der Waals surface area contributed by atoms with Gasteiger partial charge in [-0.25, -0.2) is 4.79 Å². The maximum atomic E-state index is 11.8. The minimum absolute atomic E-state index is 0.281. The highest BCUT2D eigenvalue weighted by Crippen LogP contribution is 2.23. The van der Waals surface area contributed by atoms with Crippen LogP contribution in [0.4, 0.5) is 0 Å². The molecule has 5 nitrogen and oxygen atoms in total.